The fraction of sp³-hybridized carbons (Fsp3) is 0. The summed E-state index contributed by atoms with van der Waals surface area (Å²) in [5.41, 5.74) is 7.43. The topological polar surface area (TPSA) is 41.8 Å². The molecule has 10 heavy (non-hydrogen) atoms. The molecule has 0 bridgehead atoms. The minimum Gasteiger partial charge on any atom is -0.399 e. The van der Waals surface area contributed by atoms with Gasteiger partial charge in [0, 0.05) is 16.6 Å². The molecule has 0 amide bonds. The van der Waals surface area contributed by atoms with E-state index in [1.54, 1.807) is 0 Å². The number of nitrogen functional groups attached to an aromatic ring is 1. The molecule has 2 aromatic rings. The van der Waals surface area contributed by atoms with Crippen molar-refractivity contribution in [3.63, 3.8) is 0 Å². The van der Waals surface area contributed by atoms with Gasteiger partial charge in [-0.3, -0.25) is 0 Å². The predicted octanol–water partition coefficient (Wildman–Crippen LogP) is 1.55. The summed E-state index contributed by atoms with van der Waals surface area (Å²) in [6.07, 6.45) is 2.88. The van der Waals surface area contributed by atoms with Gasteiger partial charge in [0.1, 0.15) is 0 Å². The van der Waals surface area contributed by atoms with Gasteiger partial charge >= 0.3 is 0 Å². The molecule has 0 fully saturated rings. The number of anilines is 1. The summed E-state index contributed by atoms with van der Waals surface area (Å²) in [4.78, 5) is 2.97. The van der Waals surface area contributed by atoms with Crippen molar-refractivity contribution in [3.8, 4) is 0 Å². The van der Waals surface area contributed by atoms with Crippen LogP contribution in [0, 0.1) is 6.20 Å². The molecule has 0 saturated carbocycles. The summed E-state index contributed by atoms with van der Waals surface area (Å²) in [5.74, 6) is 0. The van der Waals surface area contributed by atoms with E-state index in [0.717, 1.165) is 16.6 Å². The van der Waals surface area contributed by atoms with Crippen molar-refractivity contribution in [2.75, 3.05) is 5.73 Å². The fourth-order valence-corrected chi connectivity index (χ4v) is 1.01. The number of H-pyrrole nitrogens is 1. The molecule has 2 nitrogen and oxygen atoms in total. The fourth-order valence-electron chi connectivity index (χ4n) is 1.01. The Morgan fingerprint density at radius 1 is 1.40 bits per heavy atom. The zero-order valence-corrected chi connectivity index (χ0v) is 5.39. The van der Waals surface area contributed by atoms with E-state index >= 15 is 0 Å². The molecular formula is C8H7N2. The van der Waals surface area contributed by atoms with Gasteiger partial charge in [-0.2, -0.15) is 0 Å². The van der Waals surface area contributed by atoms with Crippen LogP contribution in [-0.4, -0.2) is 4.98 Å². The lowest BCUT2D eigenvalue weighted by molar-refractivity contribution is 1.46. The van der Waals surface area contributed by atoms with Gasteiger partial charge in [0.05, 0.1) is 6.20 Å². The van der Waals surface area contributed by atoms with Crippen molar-refractivity contribution in [2.24, 2.45) is 0 Å². The van der Waals surface area contributed by atoms with E-state index in [1.807, 2.05) is 24.3 Å². The Bertz CT molecular complexity index is 349. The van der Waals surface area contributed by atoms with Gasteiger partial charge in [-0.25, -0.2) is 0 Å². The van der Waals surface area contributed by atoms with E-state index in [1.165, 1.54) is 0 Å². The summed E-state index contributed by atoms with van der Waals surface area (Å²) in [6, 6.07) is 7.61. The van der Waals surface area contributed by atoms with Crippen LogP contribution in [0.3, 0.4) is 0 Å². The molecule has 0 aliphatic carbocycles. The van der Waals surface area contributed by atoms with Crippen molar-refractivity contribution < 1.29 is 0 Å². The summed E-state index contributed by atoms with van der Waals surface area (Å²) in [5, 5.41) is 1.11. The van der Waals surface area contributed by atoms with Crippen molar-refractivity contribution in [1.29, 1.82) is 0 Å². The third kappa shape index (κ3) is 0.658. The van der Waals surface area contributed by atoms with Crippen LogP contribution in [-0.2, 0) is 0 Å². The van der Waals surface area contributed by atoms with Gasteiger partial charge in [0.25, 0.3) is 0 Å². The molecule has 2 heteroatoms. The van der Waals surface area contributed by atoms with Crippen LogP contribution in [0.4, 0.5) is 5.69 Å². The second-order valence-electron chi connectivity index (χ2n) is 2.26. The first-order valence-electron chi connectivity index (χ1n) is 3.10. The molecule has 1 radical (unpaired) electrons. The lowest BCUT2D eigenvalue weighted by Crippen LogP contribution is -1.81. The first-order valence-corrected chi connectivity index (χ1v) is 3.10. The van der Waals surface area contributed by atoms with Gasteiger partial charge in [0.2, 0.25) is 0 Å². The molecule has 0 saturated heterocycles. The molecule has 2 rings (SSSR count). The van der Waals surface area contributed by atoms with Gasteiger partial charge in [0.15, 0.2) is 0 Å². The highest BCUT2D eigenvalue weighted by molar-refractivity contribution is 5.82. The Balaban J connectivity index is 2.86. The Morgan fingerprint density at radius 2 is 2.30 bits per heavy atom. The van der Waals surface area contributed by atoms with Crippen LogP contribution in [0.15, 0.2) is 24.3 Å². The molecule has 3 N–H and O–H groups in total. The molecule has 0 aliphatic heterocycles. The Morgan fingerprint density at radius 3 is 3.20 bits per heavy atom. The third-order valence-corrected chi connectivity index (χ3v) is 1.51. The summed E-state index contributed by atoms with van der Waals surface area (Å²) in [6.45, 7) is 0. The van der Waals surface area contributed by atoms with E-state index in [2.05, 4.69) is 11.2 Å². The van der Waals surface area contributed by atoms with Gasteiger partial charge in [-0.15, -0.1) is 0 Å². The molecule has 1 aromatic heterocycles. The minimum absolute atomic E-state index is 0.792. The van der Waals surface area contributed by atoms with Crippen LogP contribution in [0.2, 0.25) is 0 Å². The Labute approximate surface area is 58.7 Å². The number of nitrogens with two attached hydrogens (primary N) is 1. The SMILES string of the molecule is Nc1ccc2[nH][c]cc2c1. The average Bonchev–Trinajstić information content (AvgIpc) is 2.33. The number of hydrogen-bond donors (Lipinski definition) is 2. The zero-order chi connectivity index (χ0) is 6.97. The molecule has 0 unspecified atom stereocenters. The number of hydrogen-bond acceptors (Lipinski definition) is 1. The molecule has 0 spiro atoms. The number of rotatable bonds is 0. The Hall–Kier alpha value is -1.44. The standard InChI is InChI=1S/C8H7N2/c9-7-1-2-8-6(5-7)3-4-10-8/h1-3,5,10H,9H2. The highest BCUT2D eigenvalue weighted by Gasteiger charge is 1.91. The van der Waals surface area contributed by atoms with Crippen LogP contribution >= 0.6 is 0 Å². The number of fused-ring (bicyclic) bond motifs is 1. The van der Waals surface area contributed by atoms with E-state index in [-0.39, 0.29) is 0 Å². The quantitative estimate of drug-likeness (QED) is 0.523. The maximum absolute atomic E-state index is 5.56. The maximum atomic E-state index is 5.56. The smallest absolute Gasteiger partial charge is 0.0630 e. The number of benzene rings is 1. The van der Waals surface area contributed by atoms with E-state index in [0.29, 0.717) is 0 Å². The first-order chi connectivity index (χ1) is 4.86. The second kappa shape index (κ2) is 1.77. The molecule has 49 valence electrons. The normalized spacial score (nSPS) is 10.4. The lowest BCUT2D eigenvalue weighted by atomic mass is 10.2. The summed E-state index contributed by atoms with van der Waals surface area (Å²) >= 11 is 0. The van der Waals surface area contributed by atoms with Crippen molar-refractivity contribution in [2.45, 2.75) is 0 Å². The molecular weight excluding hydrogens is 124 g/mol. The number of nitrogens with one attached hydrogen (secondary N) is 1. The summed E-state index contributed by atoms with van der Waals surface area (Å²) < 4.78 is 0. The van der Waals surface area contributed by atoms with Crippen molar-refractivity contribution in [1.82, 2.24) is 4.98 Å². The van der Waals surface area contributed by atoms with Crippen molar-refractivity contribution in [3.05, 3.63) is 30.5 Å². The molecule has 1 aromatic carbocycles. The summed E-state index contributed by atoms with van der Waals surface area (Å²) in [7, 11) is 0. The monoisotopic (exact) mass is 131 g/mol. The van der Waals surface area contributed by atoms with Gasteiger partial charge in [-0.05, 0) is 24.3 Å². The largest absolute Gasteiger partial charge is 0.399 e. The minimum atomic E-state index is 0.792. The zero-order valence-electron chi connectivity index (χ0n) is 5.39. The van der Waals surface area contributed by atoms with Crippen LogP contribution in [0.25, 0.3) is 10.9 Å². The maximum Gasteiger partial charge on any atom is 0.0630 e. The van der Waals surface area contributed by atoms with Gasteiger partial charge in [-0.1, -0.05) is 0 Å². The highest BCUT2D eigenvalue weighted by Crippen LogP contribution is 2.14. The predicted molar refractivity (Wildman–Crippen MR) is 41.5 cm³/mol. The van der Waals surface area contributed by atoms with E-state index < -0.39 is 0 Å². The first kappa shape index (κ1) is 5.35. The van der Waals surface area contributed by atoms with E-state index in [4.69, 9.17) is 5.73 Å². The molecule has 0 atom stereocenters. The van der Waals surface area contributed by atoms with E-state index in [9.17, 15) is 0 Å². The Kier molecular flexibility index (Phi) is 0.947. The molecule has 0 aliphatic rings. The number of aromatic amines is 1. The van der Waals surface area contributed by atoms with Crippen LogP contribution in [0.1, 0.15) is 0 Å². The van der Waals surface area contributed by atoms with Crippen LogP contribution < -0.4 is 5.73 Å². The molecule has 1 heterocycles. The van der Waals surface area contributed by atoms with Gasteiger partial charge < -0.3 is 10.7 Å². The van der Waals surface area contributed by atoms with Crippen LogP contribution in [0.5, 0.6) is 0 Å². The second-order valence-corrected chi connectivity index (χ2v) is 2.26. The average molecular weight is 131 g/mol. The third-order valence-electron chi connectivity index (χ3n) is 1.51. The van der Waals surface area contributed by atoms with Crippen molar-refractivity contribution >= 4 is 16.6 Å². The highest BCUT2D eigenvalue weighted by atomic mass is 14.7. The number of aromatic nitrogens is 1. The lowest BCUT2D eigenvalue weighted by Gasteiger charge is -1.90.